The topological polar surface area (TPSA) is 82.8 Å². The molecule has 0 bridgehead atoms. The second-order valence-electron chi connectivity index (χ2n) is 3.81. The molecule has 0 spiro atoms. The highest BCUT2D eigenvalue weighted by atomic mass is 32.1. The van der Waals surface area contributed by atoms with Gasteiger partial charge in [-0.2, -0.15) is 4.68 Å². The van der Waals surface area contributed by atoms with Crippen molar-refractivity contribution in [3.63, 3.8) is 0 Å². The largest absolute Gasteiger partial charge is 0.451 e. The third-order valence-corrected chi connectivity index (χ3v) is 4.33. The molecule has 3 rings (SSSR count). The van der Waals surface area contributed by atoms with E-state index < -0.39 is 5.97 Å². The third kappa shape index (κ3) is 2.45. The minimum atomic E-state index is -0.409. The first-order valence-corrected chi connectivity index (χ1v) is 7.43. The summed E-state index contributed by atoms with van der Waals surface area (Å²) in [7, 11) is 0. The summed E-state index contributed by atoms with van der Waals surface area (Å²) in [6.45, 7) is 1.79. The first-order chi connectivity index (χ1) is 9.75. The van der Waals surface area contributed by atoms with Gasteiger partial charge in [-0.1, -0.05) is 0 Å². The van der Waals surface area contributed by atoms with Crippen molar-refractivity contribution in [1.29, 1.82) is 0 Å². The molecule has 0 aromatic carbocycles. The number of thiazole rings is 1. The van der Waals surface area contributed by atoms with E-state index in [9.17, 15) is 4.79 Å². The Morgan fingerprint density at radius 1 is 1.40 bits per heavy atom. The van der Waals surface area contributed by atoms with Crippen LogP contribution < -0.4 is 0 Å². The van der Waals surface area contributed by atoms with Gasteiger partial charge in [0, 0.05) is 11.6 Å². The molecule has 1 atom stereocenters. The Kier molecular flexibility index (Phi) is 3.52. The molecule has 0 aliphatic rings. The fourth-order valence-electron chi connectivity index (χ4n) is 1.61. The van der Waals surface area contributed by atoms with Crippen molar-refractivity contribution in [3.8, 4) is 5.69 Å². The second-order valence-corrected chi connectivity index (χ2v) is 5.65. The van der Waals surface area contributed by atoms with E-state index in [-0.39, 0.29) is 6.10 Å². The van der Waals surface area contributed by atoms with Gasteiger partial charge in [0.2, 0.25) is 0 Å². The van der Waals surface area contributed by atoms with Gasteiger partial charge in [0.25, 0.3) is 0 Å². The summed E-state index contributed by atoms with van der Waals surface area (Å²) >= 11 is 2.74. The van der Waals surface area contributed by atoms with Crippen LogP contribution in [0.4, 0.5) is 0 Å². The summed E-state index contributed by atoms with van der Waals surface area (Å²) in [6.07, 6.45) is 2.73. The second kappa shape index (κ2) is 5.47. The zero-order valence-electron chi connectivity index (χ0n) is 10.3. The molecule has 0 saturated heterocycles. The molecule has 0 saturated carbocycles. The molecule has 0 aliphatic heterocycles. The van der Waals surface area contributed by atoms with E-state index in [1.54, 1.807) is 24.6 Å². The SMILES string of the molecule is C[C@@H](OC(=O)c1sccc1-n1cnnn1)c1nccs1. The lowest BCUT2D eigenvalue weighted by Gasteiger charge is -2.10. The van der Waals surface area contributed by atoms with E-state index >= 15 is 0 Å². The molecule has 20 heavy (non-hydrogen) atoms. The highest BCUT2D eigenvalue weighted by molar-refractivity contribution is 7.12. The first-order valence-electron chi connectivity index (χ1n) is 5.67. The van der Waals surface area contributed by atoms with E-state index in [0.29, 0.717) is 10.6 Å². The highest BCUT2D eigenvalue weighted by Crippen LogP contribution is 2.25. The lowest BCUT2D eigenvalue weighted by molar-refractivity contribution is 0.0343. The molecule has 0 aliphatic carbocycles. The third-order valence-electron chi connectivity index (χ3n) is 2.51. The summed E-state index contributed by atoms with van der Waals surface area (Å²) in [6, 6.07) is 1.77. The van der Waals surface area contributed by atoms with Gasteiger partial charge >= 0.3 is 5.97 Å². The average molecular weight is 307 g/mol. The Hall–Kier alpha value is -2.13. The van der Waals surface area contributed by atoms with Crippen LogP contribution in [0, 0.1) is 0 Å². The normalized spacial score (nSPS) is 12.2. The molecule has 0 unspecified atom stereocenters. The lowest BCUT2D eigenvalue weighted by atomic mass is 10.3. The van der Waals surface area contributed by atoms with E-state index in [1.807, 2.05) is 5.38 Å². The predicted octanol–water partition coefficient (Wildman–Crippen LogP) is 2.10. The number of tetrazole rings is 1. The standard InChI is InChI=1S/C11H9N5O2S2/c1-7(10-12-3-5-20-10)18-11(17)9-8(2-4-19-9)16-6-13-14-15-16/h2-7H,1H3/t7-/m1/s1. The van der Waals surface area contributed by atoms with E-state index in [0.717, 1.165) is 5.01 Å². The average Bonchev–Trinajstić information content (AvgIpc) is 3.19. The zero-order chi connectivity index (χ0) is 13.9. The Morgan fingerprint density at radius 3 is 3.00 bits per heavy atom. The number of nitrogens with zero attached hydrogens (tertiary/aromatic N) is 5. The van der Waals surface area contributed by atoms with Crippen LogP contribution in [0.25, 0.3) is 5.69 Å². The molecule has 9 heteroatoms. The summed E-state index contributed by atoms with van der Waals surface area (Å²) in [5.74, 6) is -0.409. The van der Waals surface area contributed by atoms with Crippen molar-refractivity contribution in [2.24, 2.45) is 0 Å². The van der Waals surface area contributed by atoms with E-state index in [2.05, 4.69) is 20.5 Å². The number of esters is 1. The van der Waals surface area contributed by atoms with E-state index in [4.69, 9.17) is 4.74 Å². The van der Waals surface area contributed by atoms with Crippen molar-refractivity contribution in [2.45, 2.75) is 13.0 Å². The van der Waals surface area contributed by atoms with Gasteiger partial charge in [-0.25, -0.2) is 9.78 Å². The van der Waals surface area contributed by atoms with E-state index in [1.165, 1.54) is 33.7 Å². The minimum Gasteiger partial charge on any atom is -0.451 e. The Bertz CT molecular complexity index is 692. The fraction of sp³-hybridized carbons (Fsp3) is 0.182. The van der Waals surface area contributed by atoms with Gasteiger partial charge in [-0.05, 0) is 28.8 Å². The molecule has 0 amide bonds. The maximum atomic E-state index is 12.2. The number of ether oxygens (including phenoxy) is 1. The Morgan fingerprint density at radius 2 is 2.30 bits per heavy atom. The number of hydrogen-bond acceptors (Lipinski definition) is 8. The van der Waals surface area contributed by atoms with Crippen LogP contribution in [0.15, 0.2) is 29.4 Å². The number of rotatable bonds is 4. The van der Waals surface area contributed by atoms with Gasteiger partial charge in [0.15, 0.2) is 6.10 Å². The van der Waals surface area contributed by atoms with Crippen molar-refractivity contribution >= 4 is 28.6 Å². The van der Waals surface area contributed by atoms with Crippen molar-refractivity contribution in [2.75, 3.05) is 0 Å². The van der Waals surface area contributed by atoms with Gasteiger partial charge in [-0.15, -0.1) is 27.8 Å². The smallest absolute Gasteiger partial charge is 0.351 e. The zero-order valence-corrected chi connectivity index (χ0v) is 12.0. The van der Waals surface area contributed by atoms with Crippen LogP contribution in [-0.2, 0) is 4.74 Å². The number of thiophene rings is 1. The Labute approximate surface area is 121 Å². The maximum Gasteiger partial charge on any atom is 0.351 e. The molecule has 0 fully saturated rings. The maximum absolute atomic E-state index is 12.2. The summed E-state index contributed by atoms with van der Waals surface area (Å²) < 4.78 is 6.85. The van der Waals surface area contributed by atoms with Crippen LogP contribution in [-0.4, -0.2) is 31.2 Å². The summed E-state index contributed by atoms with van der Waals surface area (Å²) in [4.78, 5) is 16.8. The van der Waals surface area contributed by atoms with Crippen molar-refractivity contribution < 1.29 is 9.53 Å². The fourth-order valence-corrected chi connectivity index (χ4v) is 2.99. The molecule has 7 nitrogen and oxygen atoms in total. The minimum absolute atomic E-state index is 0.383. The van der Waals surface area contributed by atoms with Crippen LogP contribution in [0.5, 0.6) is 0 Å². The van der Waals surface area contributed by atoms with Gasteiger partial charge in [0.1, 0.15) is 16.2 Å². The van der Waals surface area contributed by atoms with Crippen LogP contribution in [0.3, 0.4) is 0 Å². The molecule has 3 aromatic rings. The monoisotopic (exact) mass is 307 g/mol. The van der Waals surface area contributed by atoms with Crippen LogP contribution >= 0.6 is 22.7 Å². The van der Waals surface area contributed by atoms with Gasteiger partial charge in [-0.3, -0.25) is 0 Å². The summed E-state index contributed by atoms with van der Waals surface area (Å²) in [5, 5.41) is 15.3. The molecule has 0 radical (unpaired) electrons. The van der Waals surface area contributed by atoms with Gasteiger partial charge < -0.3 is 4.74 Å². The molecular weight excluding hydrogens is 298 g/mol. The quantitative estimate of drug-likeness (QED) is 0.686. The molecular formula is C11H9N5O2S2. The van der Waals surface area contributed by atoms with Gasteiger partial charge in [0.05, 0.1) is 5.69 Å². The molecule has 3 aromatic heterocycles. The molecule has 102 valence electrons. The number of hydrogen-bond donors (Lipinski definition) is 0. The van der Waals surface area contributed by atoms with Crippen molar-refractivity contribution in [3.05, 3.63) is 39.2 Å². The number of aromatic nitrogens is 5. The Balaban J connectivity index is 1.80. The summed E-state index contributed by atoms with van der Waals surface area (Å²) in [5.41, 5.74) is 0.608. The molecule has 3 heterocycles. The predicted molar refractivity (Wildman–Crippen MR) is 73.0 cm³/mol. The van der Waals surface area contributed by atoms with Crippen molar-refractivity contribution in [1.82, 2.24) is 25.2 Å². The lowest BCUT2D eigenvalue weighted by Crippen LogP contribution is -2.10. The number of carbonyl (C=O) groups is 1. The highest BCUT2D eigenvalue weighted by Gasteiger charge is 2.21. The first kappa shape index (κ1) is 12.9. The van der Waals surface area contributed by atoms with Crippen LogP contribution in [0.2, 0.25) is 0 Å². The number of carbonyl (C=O) groups excluding carboxylic acids is 1. The van der Waals surface area contributed by atoms with Crippen LogP contribution in [0.1, 0.15) is 27.7 Å². The molecule has 0 N–H and O–H groups in total.